The first-order chi connectivity index (χ1) is 10.9. The van der Waals surface area contributed by atoms with Gasteiger partial charge in [-0.25, -0.2) is 9.59 Å². The lowest BCUT2D eigenvalue weighted by Gasteiger charge is -2.27. The maximum atomic E-state index is 12.1. The second-order valence-corrected chi connectivity index (χ2v) is 5.28. The number of benzene rings is 1. The number of hydrogen-bond donors (Lipinski definition) is 2. The van der Waals surface area contributed by atoms with E-state index < -0.39 is 17.9 Å². The number of nitrogens with one attached hydrogen (secondary N) is 1. The average molecular weight is 336 g/mol. The van der Waals surface area contributed by atoms with Gasteiger partial charge >= 0.3 is 11.9 Å². The van der Waals surface area contributed by atoms with Crippen molar-refractivity contribution in [2.24, 2.45) is 0 Å². The first-order valence-corrected chi connectivity index (χ1v) is 7.02. The van der Waals surface area contributed by atoms with Gasteiger partial charge in [0.25, 0.3) is 0 Å². The zero-order valence-electron chi connectivity index (χ0n) is 12.4. The molecule has 7 heteroatoms. The van der Waals surface area contributed by atoms with E-state index in [9.17, 15) is 14.4 Å². The molecule has 0 bridgehead atoms. The van der Waals surface area contributed by atoms with Crippen LogP contribution in [0.5, 0.6) is 0 Å². The van der Waals surface area contributed by atoms with Gasteiger partial charge in [-0.05, 0) is 24.6 Å². The van der Waals surface area contributed by atoms with Crippen LogP contribution in [0.2, 0.25) is 0 Å². The predicted octanol–water partition coefficient (Wildman–Crippen LogP) is 2.17. The van der Waals surface area contributed by atoms with Crippen LogP contribution < -0.4 is 5.32 Å². The standard InChI is InChI=1S/C16H14ClNO5/c1-8-12(16(22)23-2)13(11(7-19)14(17)18-8)9-3-5-10(6-4-9)15(20)21/h3-7,13,18H,1-2H3,(H,20,21). The largest absolute Gasteiger partial charge is 0.478 e. The van der Waals surface area contributed by atoms with Gasteiger partial charge in [0.1, 0.15) is 11.4 Å². The van der Waals surface area contributed by atoms with Crippen LogP contribution in [0.3, 0.4) is 0 Å². The van der Waals surface area contributed by atoms with Crippen molar-refractivity contribution < 1.29 is 24.2 Å². The molecule has 0 saturated carbocycles. The van der Waals surface area contributed by atoms with Gasteiger partial charge in [0.2, 0.25) is 0 Å². The van der Waals surface area contributed by atoms with E-state index in [4.69, 9.17) is 21.4 Å². The number of rotatable bonds is 4. The van der Waals surface area contributed by atoms with Crippen molar-refractivity contribution in [3.05, 3.63) is 57.4 Å². The number of methoxy groups -OCH3 is 1. The van der Waals surface area contributed by atoms with Gasteiger partial charge in [0.15, 0.2) is 0 Å². The molecule has 2 N–H and O–H groups in total. The van der Waals surface area contributed by atoms with E-state index in [0.717, 1.165) is 0 Å². The molecule has 0 radical (unpaired) electrons. The molecule has 0 amide bonds. The van der Waals surface area contributed by atoms with Crippen LogP contribution in [0.1, 0.15) is 28.8 Å². The number of carbonyl (C=O) groups excluding carboxylic acids is 2. The molecule has 0 spiro atoms. The molecule has 1 heterocycles. The molecule has 120 valence electrons. The summed E-state index contributed by atoms with van der Waals surface area (Å²) in [5.41, 5.74) is 1.57. The molecule has 1 aromatic carbocycles. The molecular weight excluding hydrogens is 322 g/mol. The Morgan fingerprint density at radius 3 is 2.39 bits per heavy atom. The molecule has 0 fully saturated rings. The molecule has 0 aromatic heterocycles. The van der Waals surface area contributed by atoms with Gasteiger partial charge in [0.05, 0.1) is 18.2 Å². The third-order valence-electron chi connectivity index (χ3n) is 3.58. The molecule has 0 saturated heterocycles. The number of aromatic carboxylic acids is 1. The number of carbonyl (C=O) groups is 3. The second kappa shape index (κ2) is 6.66. The summed E-state index contributed by atoms with van der Waals surface area (Å²) in [5.74, 6) is -2.38. The van der Waals surface area contributed by atoms with Crippen LogP contribution in [0, 0.1) is 0 Å². The molecule has 1 aliphatic heterocycles. The fourth-order valence-electron chi connectivity index (χ4n) is 2.47. The van der Waals surface area contributed by atoms with Gasteiger partial charge in [-0.2, -0.15) is 0 Å². The summed E-state index contributed by atoms with van der Waals surface area (Å²) in [7, 11) is 1.24. The number of allylic oxidation sites excluding steroid dienone is 2. The van der Waals surface area contributed by atoms with Crippen molar-refractivity contribution in [2.45, 2.75) is 12.8 Å². The van der Waals surface area contributed by atoms with Crippen molar-refractivity contribution in [1.29, 1.82) is 0 Å². The number of carboxylic acids is 1. The second-order valence-electron chi connectivity index (χ2n) is 4.90. The van der Waals surface area contributed by atoms with E-state index in [1.807, 2.05) is 0 Å². The summed E-state index contributed by atoms with van der Waals surface area (Å²) >= 11 is 6.07. The molecule has 1 unspecified atom stereocenters. The van der Waals surface area contributed by atoms with Crippen molar-refractivity contribution in [3.63, 3.8) is 0 Å². The van der Waals surface area contributed by atoms with E-state index in [-0.39, 0.29) is 21.9 Å². The SMILES string of the molecule is COC(=O)C1=C(C)NC(Cl)=C(C=O)C1c1ccc(C(=O)O)cc1. The number of aldehydes is 1. The molecule has 23 heavy (non-hydrogen) atoms. The number of carboxylic acid groups (broad SMARTS) is 1. The zero-order chi connectivity index (χ0) is 17.1. The van der Waals surface area contributed by atoms with Crippen molar-refractivity contribution in [1.82, 2.24) is 5.32 Å². The highest BCUT2D eigenvalue weighted by molar-refractivity contribution is 6.31. The molecule has 1 aliphatic rings. The number of ether oxygens (including phenoxy) is 1. The Labute approximate surface area is 137 Å². The lowest BCUT2D eigenvalue weighted by Crippen LogP contribution is -2.28. The van der Waals surface area contributed by atoms with Gasteiger partial charge in [0, 0.05) is 17.2 Å². The lowest BCUT2D eigenvalue weighted by atomic mass is 9.82. The Morgan fingerprint density at radius 1 is 1.30 bits per heavy atom. The van der Waals surface area contributed by atoms with Gasteiger partial charge in [-0.1, -0.05) is 23.7 Å². The maximum absolute atomic E-state index is 12.1. The minimum atomic E-state index is -1.06. The predicted molar refractivity (Wildman–Crippen MR) is 82.9 cm³/mol. The topological polar surface area (TPSA) is 92.7 Å². The Balaban J connectivity index is 2.59. The lowest BCUT2D eigenvalue weighted by molar-refractivity contribution is -0.136. The van der Waals surface area contributed by atoms with Gasteiger partial charge in [-0.15, -0.1) is 0 Å². The summed E-state index contributed by atoms with van der Waals surface area (Å²) in [6.45, 7) is 1.65. The Kier molecular flexibility index (Phi) is 4.86. The molecule has 1 aromatic rings. The number of esters is 1. The summed E-state index contributed by atoms with van der Waals surface area (Å²) < 4.78 is 4.79. The van der Waals surface area contributed by atoms with E-state index in [2.05, 4.69) is 5.32 Å². The van der Waals surface area contributed by atoms with E-state index in [0.29, 0.717) is 17.5 Å². The molecule has 6 nitrogen and oxygen atoms in total. The number of dihydropyridines is 1. The highest BCUT2D eigenvalue weighted by Crippen LogP contribution is 2.38. The van der Waals surface area contributed by atoms with Crippen molar-refractivity contribution in [3.8, 4) is 0 Å². The minimum absolute atomic E-state index is 0.103. The van der Waals surface area contributed by atoms with Crippen LogP contribution in [0.25, 0.3) is 0 Å². The highest BCUT2D eigenvalue weighted by Gasteiger charge is 2.34. The van der Waals surface area contributed by atoms with E-state index >= 15 is 0 Å². The summed E-state index contributed by atoms with van der Waals surface area (Å²) in [6.07, 6.45) is 0.570. The summed E-state index contributed by atoms with van der Waals surface area (Å²) in [5, 5.41) is 11.9. The molecule has 2 rings (SSSR count). The number of halogens is 1. The third-order valence-corrected chi connectivity index (χ3v) is 3.89. The quantitative estimate of drug-likeness (QED) is 0.497. The van der Waals surface area contributed by atoms with E-state index in [1.54, 1.807) is 19.1 Å². The van der Waals surface area contributed by atoms with Gasteiger partial charge < -0.3 is 15.2 Å². The normalized spacial score (nSPS) is 17.6. The van der Waals surface area contributed by atoms with Gasteiger partial charge in [-0.3, -0.25) is 4.79 Å². The highest BCUT2D eigenvalue weighted by atomic mass is 35.5. The molecule has 1 atom stereocenters. The fourth-order valence-corrected chi connectivity index (χ4v) is 2.76. The Morgan fingerprint density at radius 2 is 1.91 bits per heavy atom. The average Bonchev–Trinajstić information content (AvgIpc) is 2.53. The smallest absolute Gasteiger partial charge is 0.336 e. The first-order valence-electron chi connectivity index (χ1n) is 6.64. The number of hydrogen-bond acceptors (Lipinski definition) is 5. The van der Waals surface area contributed by atoms with Crippen molar-refractivity contribution >= 4 is 29.8 Å². The van der Waals surface area contributed by atoms with Crippen LogP contribution in [0.15, 0.2) is 46.3 Å². The Hall–Kier alpha value is -2.60. The summed E-state index contributed by atoms with van der Waals surface area (Å²) in [6, 6.07) is 5.90. The maximum Gasteiger partial charge on any atom is 0.336 e. The Bertz CT molecular complexity index is 733. The first kappa shape index (κ1) is 16.8. The monoisotopic (exact) mass is 335 g/mol. The minimum Gasteiger partial charge on any atom is -0.478 e. The van der Waals surface area contributed by atoms with Crippen LogP contribution in [0.4, 0.5) is 0 Å². The van der Waals surface area contributed by atoms with Crippen LogP contribution in [-0.4, -0.2) is 30.4 Å². The summed E-state index contributed by atoms with van der Waals surface area (Å²) in [4.78, 5) is 34.5. The fraction of sp³-hybridized carbons (Fsp3) is 0.188. The van der Waals surface area contributed by atoms with Crippen LogP contribution in [-0.2, 0) is 14.3 Å². The third kappa shape index (κ3) is 3.12. The van der Waals surface area contributed by atoms with Crippen molar-refractivity contribution in [2.75, 3.05) is 7.11 Å². The molecular formula is C16H14ClNO5. The molecule has 0 aliphatic carbocycles. The van der Waals surface area contributed by atoms with Crippen LogP contribution >= 0.6 is 11.6 Å². The zero-order valence-corrected chi connectivity index (χ0v) is 13.2. The van der Waals surface area contributed by atoms with E-state index in [1.165, 1.54) is 19.2 Å².